The quantitative estimate of drug-likeness (QED) is 0.735. The Hall–Kier alpha value is -0.180. The molecule has 4 N–H and O–H groups in total. The molecule has 0 radical (unpaired) electrons. The van der Waals surface area contributed by atoms with Crippen LogP contribution in [-0.4, -0.2) is 32.2 Å². The first-order chi connectivity index (χ1) is 8.24. The van der Waals surface area contributed by atoms with Crippen LogP contribution in [-0.2, 0) is 10.0 Å². The first kappa shape index (κ1) is 15.9. The molecule has 0 spiro atoms. The number of nitrogens with two attached hydrogens (primary N) is 1. The van der Waals surface area contributed by atoms with Crippen molar-refractivity contribution in [2.24, 2.45) is 5.73 Å². The smallest absolute Gasteiger partial charge is 0.242 e. The van der Waals surface area contributed by atoms with Gasteiger partial charge in [-0.2, -0.15) is 0 Å². The molecule has 0 aromatic heterocycles. The number of nitrogens with one attached hydrogen (secondary N) is 1. The van der Waals surface area contributed by atoms with E-state index in [2.05, 4.69) is 20.7 Å². The van der Waals surface area contributed by atoms with Crippen molar-refractivity contribution in [1.29, 1.82) is 0 Å². The summed E-state index contributed by atoms with van der Waals surface area (Å²) >= 11 is 9.05. The summed E-state index contributed by atoms with van der Waals surface area (Å²) in [5.41, 5.74) is 5.55. The molecule has 1 aromatic carbocycles. The summed E-state index contributed by atoms with van der Waals surface area (Å²) in [5.74, 6) is 0. The van der Waals surface area contributed by atoms with Crippen molar-refractivity contribution in [3.63, 3.8) is 0 Å². The van der Waals surface area contributed by atoms with Gasteiger partial charge in [0.25, 0.3) is 0 Å². The van der Waals surface area contributed by atoms with Gasteiger partial charge in [-0.25, -0.2) is 13.1 Å². The lowest BCUT2D eigenvalue weighted by atomic mass is 10.2. The van der Waals surface area contributed by atoms with Crippen molar-refractivity contribution >= 4 is 37.6 Å². The van der Waals surface area contributed by atoms with E-state index in [1.165, 1.54) is 19.1 Å². The number of rotatable bonds is 5. The van der Waals surface area contributed by atoms with Crippen molar-refractivity contribution in [3.05, 3.63) is 27.7 Å². The van der Waals surface area contributed by atoms with Crippen LogP contribution in [0.1, 0.15) is 6.92 Å². The number of hydrogen-bond acceptors (Lipinski definition) is 4. The molecule has 0 fully saturated rings. The second kappa shape index (κ2) is 6.31. The van der Waals surface area contributed by atoms with Crippen LogP contribution in [0, 0.1) is 0 Å². The number of sulfonamides is 1. The van der Waals surface area contributed by atoms with E-state index in [0.717, 1.165) is 0 Å². The summed E-state index contributed by atoms with van der Waals surface area (Å²) in [7, 11) is -3.73. The highest BCUT2D eigenvalue weighted by atomic mass is 79.9. The van der Waals surface area contributed by atoms with Crippen LogP contribution >= 0.6 is 27.5 Å². The molecule has 0 aliphatic rings. The van der Waals surface area contributed by atoms with Gasteiger partial charge in [-0.1, -0.05) is 27.5 Å². The van der Waals surface area contributed by atoms with E-state index >= 15 is 0 Å². The van der Waals surface area contributed by atoms with E-state index < -0.39 is 22.2 Å². The molecule has 1 rings (SSSR count). The highest BCUT2D eigenvalue weighted by molar-refractivity contribution is 9.10. The molecule has 18 heavy (non-hydrogen) atoms. The highest BCUT2D eigenvalue weighted by Crippen LogP contribution is 2.24. The van der Waals surface area contributed by atoms with E-state index in [0.29, 0.717) is 4.47 Å². The van der Waals surface area contributed by atoms with Crippen LogP contribution in [0.15, 0.2) is 27.6 Å². The maximum Gasteiger partial charge on any atom is 0.242 e. The average Bonchev–Trinajstić information content (AvgIpc) is 2.25. The Bertz CT molecular complexity index is 522. The second-order valence-electron chi connectivity index (χ2n) is 3.83. The molecule has 0 amide bonds. The zero-order valence-corrected chi connectivity index (χ0v) is 12.8. The van der Waals surface area contributed by atoms with Crippen LogP contribution in [0.3, 0.4) is 0 Å². The number of hydrogen-bond donors (Lipinski definition) is 3. The first-order valence-electron chi connectivity index (χ1n) is 5.12. The molecule has 0 saturated heterocycles. The molecule has 0 heterocycles. The van der Waals surface area contributed by atoms with Gasteiger partial charge in [-0.15, -0.1) is 0 Å². The predicted octanol–water partition coefficient (Wildman–Crippen LogP) is 1.09. The molecule has 0 aliphatic heterocycles. The SMILES string of the molecule is CC(O)C(N)CNS(=O)(=O)c1ccc(Br)cc1Cl. The molecule has 8 heteroatoms. The third-order valence-electron chi connectivity index (χ3n) is 2.31. The van der Waals surface area contributed by atoms with Crippen LogP contribution in [0.2, 0.25) is 5.02 Å². The molecule has 1 aromatic rings. The van der Waals surface area contributed by atoms with Gasteiger partial charge in [0.05, 0.1) is 11.1 Å². The molecule has 5 nitrogen and oxygen atoms in total. The van der Waals surface area contributed by atoms with E-state index in [1.54, 1.807) is 6.07 Å². The summed E-state index contributed by atoms with van der Waals surface area (Å²) in [6.45, 7) is 1.43. The van der Waals surface area contributed by atoms with Gasteiger partial charge in [-0.05, 0) is 25.1 Å². The van der Waals surface area contributed by atoms with E-state index in [1.807, 2.05) is 0 Å². The predicted molar refractivity (Wildman–Crippen MR) is 74.0 cm³/mol. The van der Waals surface area contributed by atoms with E-state index in [4.69, 9.17) is 17.3 Å². The summed E-state index contributed by atoms with van der Waals surface area (Å²) in [4.78, 5) is -0.0230. The lowest BCUT2D eigenvalue weighted by Gasteiger charge is -2.15. The van der Waals surface area contributed by atoms with Crippen molar-refractivity contribution < 1.29 is 13.5 Å². The van der Waals surface area contributed by atoms with Gasteiger partial charge in [0.2, 0.25) is 10.0 Å². The second-order valence-corrected chi connectivity index (χ2v) is 6.89. The van der Waals surface area contributed by atoms with Crippen LogP contribution in [0.4, 0.5) is 0 Å². The fourth-order valence-electron chi connectivity index (χ4n) is 1.15. The third-order valence-corrected chi connectivity index (χ3v) is 4.71. The fraction of sp³-hybridized carbons (Fsp3) is 0.400. The highest BCUT2D eigenvalue weighted by Gasteiger charge is 2.20. The van der Waals surface area contributed by atoms with Gasteiger partial charge in [-0.3, -0.25) is 0 Å². The zero-order valence-electron chi connectivity index (χ0n) is 9.60. The zero-order chi connectivity index (χ0) is 13.9. The number of halogens is 2. The minimum absolute atomic E-state index is 0.0230. The summed E-state index contributed by atoms with van der Waals surface area (Å²) in [6, 6.07) is 3.79. The lowest BCUT2D eigenvalue weighted by Crippen LogP contribution is -2.43. The Morgan fingerprint density at radius 1 is 1.56 bits per heavy atom. The number of aliphatic hydroxyl groups excluding tert-OH is 1. The number of aliphatic hydroxyl groups is 1. The molecule has 0 bridgehead atoms. The standard InChI is InChI=1S/C10H14BrClN2O3S/c1-6(15)9(13)5-14-18(16,17)10-3-2-7(11)4-8(10)12/h2-4,6,9,14-15H,5,13H2,1H3. The Morgan fingerprint density at radius 3 is 2.67 bits per heavy atom. The molecule has 0 aliphatic carbocycles. The van der Waals surface area contributed by atoms with Gasteiger partial charge in [0.15, 0.2) is 0 Å². The third kappa shape index (κ3) is 4.18. The number of benzene rings is 1. The van der Waals surface area contributed by atoms with Crippen molar-refractivity contribution in [2.75, 3.05) is 6.54 Å². The maximum atomic E-state index is 11.9. The van der Waals surface area contributed by atoms with Crippen molar-refractivity contribution in [3.8, 4) is 0 Å². The van der Waals surface area contributed by atoms with Gasteiger partial charge in [0.1, 0.15) is 4.90 Å². The molecule has 2 atom stereocenters. The van der Waals surface area contributed by atoms with Crippen LogP contribution in [0.5, 0.6) is 0 Å². The molecule has 102 valence electrons. The Balaban J connectivity index is 2.87. The minimum Gasteiger partial charge on any atom is -0.392 e. The average molecular weight is 358 g/mol. The summed E-state index contributed by atoms with van der Waals surface area (Å²) in [5, 5.41) is 9.30. The topological polar surface area (TPSA) is 92.4 Å². The maximum absolute atomic E-state index is 11.9. The van der Waals surface area contributed by atoms with Crippen molar-refractivity contribution in [2.45, 2.75) is 24.0 Å². The molecule has 2 unspecified atom stereocenters. The molecular weight excluding hydrogens is 344 g/mol. The summed E-state index contributed by atoms with van der Waals surface area (Å²) < 4.78 is 26.9. The molecular formula is C10H14BrClN2O3S. The largest absolute Gasteiger partial charge is 0.392 e. The van der Waals surface area contributed by atoms with Crippen LogP contribution < -0.4 is 10.5 Å². The monoisotopic (exact) mass is 356 g/mol. The molecule has 0 saturated carbocycles. The van der Waals surface area contributed by atoms with Gasteiger partial charge in [0, 0.05) is 17.1 Å². The van der Waals surface area contributed by atoms with Gasteiger partial charge < -0.3 is 10.8 Å². The lowest BCUT2D eigenvalue weighted by molar-refractivity contribution is 0.164. The van der Waals surface area contributed by atoms with Crippen molar-refractivity contribution in [1.82, 2.24) is 4.72 Å². The van der Waals surface area contributed by atoms with Crippen LogP contribution in [0.25, 0.3) is 0 Å². The Kier molecular flexibility index (Phi) is 5.57. The van der Waals surface area contributed by atoms with E-state index in [-0.39, 0.29) is 16.5 Å². The Labute approximate surface area is 120 Å². The first-order valence-corrected chi connectivity index (χ1v) is 7.78. The summed E-state index contributed by atoms with van der Waals surface area (Å²) in [6.07, 6.45) is -0.798. The Morgan fingerprint density at radius 2 is 2.17 bits per heavy atom. The van der Waals surface area contributed by atoms with Gasteiger partial charge >= 0.3 is 0 Å². The normalized spacial score (nSPS) is 15.4. The fourth-order valence-corrected chi connectivity index (χ4v) is 3.26. The minimum atomic E-state index is -3.73. The van der Waals surface area contributed by atoms with E-state index in [9.17, 15) is 13.5 Å².